The van der Waals surface area contributed by atoms with Gasteiger partial charge in [-0.25, -0.2) is 4.79 Å². The first kappa shape index (κ1) is 21.2. The number of carbonyl (C=O) groups excluding carboxylic acids is 1. The van der Waals surface area contributed by atoms with Crippen LogP contribution in [0.3, 0.4) is 0 Å². The molecule has 3 heterocycles. The van der Waals surface area contributed by atoms with Gasteiger partial charge in [0, 0.05) is 5.70 Å². The highest BCUT2D eigenvalue weighted by Crippen LogP contribution is 2.39. The predicted molar refractivity (Wildman–Crippen MR) is 131 cm³/mol. The fraction of sp³-hybridized carbons (Fsp3) is 0.192. The first-order valence-electron chi connectivity index (χ1n) is 10.8. The molecule has 166 valence electrons. The number of allylic oxidation sites excluding steroid dienone is 1. The van der Waals surface area contributed by atoms with Gasteiger partial charge in [-0.1, -0.05) is 47.1 Å². The van der Waals surface area contributed by atoms with E-state index in [-0.39, 0.29) is 6.03 Å². The number of thiophene rings is 1. The maximum atomic E-state index is 13.3. The molecule has 5 rings (SSSR count). The third-order valence-electron chi connectivity index (χ3n) is 6.04. The van der Waals surface area contributed by atoms with Crippen molar-refractivity contribution in [2.45, 2.75) is 33.7 Å². The summed E-state index contributed by atoms with van der Waals surface area (Å²) in [6, 6.07) is 17.4. The van der Waals surface area contributed by atoms with Crippen LogP contribution in [0.1, 0.15) is 41.1 Å². The van der Waals surface area contributed by atoms with Crippen molar-refractivity contribution in [1.29, 1.82) is 0 Å². The molecule has 1 N–H and O–H groups in total. The molecular weight excluding hydrogens is 432 g/mol. The average molecular weight is 457 g/mol. The Kier molecular flexibility index (Phi) is 5.34. The Morgan fingerprint density at radius 3 is 2.48 bits per heavy atom. The Morgan fingerprint density at radius 1 is 1.00 bits per heavy atom. The lowest BCUT2D eigenvalue weighted by Gasteiger charge is -2.35. The third-order valence-corrected chi connectivity index (χ3v) is 6.91. The van der Waals surface area contributed by atoms with Crippen molar-refractivity contribution in [2.24, 2.45) is 0 Å². The van der Waals surface area contributed by atoms with Crippen LogP contribution in [-0.4, -0.2) is 16.2 Å². The van der Waals surface area contributed by atoms with E-state index in [1.807, 2.05) is 80.7 Å². The first-order valence-corrected chi connectivity index (χ1v) is 11.6. The normalized spacial score (nSPS) is 16.3. The number of benzene rings is 2. The molecule has 7 heteroatoms. The summed E-state index contributed by atoms with van der Waals surface area (Å²) in [4.78, 5) is 20.7. The van der Waals surface area contributed by atoms with Gasteiger partial charge >= 0.3 is 6.03 Å². The summed E-state index contributed by atoms with van der Waals surface area (Å²) in [5, 5.41) is 9.35. The molecule has 2 amide bonds. The van der Waals surface area contributed by atoms with Crippen molar-refractivity contribution in [3.05, 3.63) is 93.8 Å². The summed E-state index contributed by atoms with van der Waals surface area (Å²) in [6.07, 6.45) is 0. The summed E-state index contributed by atoms with van der Waals surface area (Å²) in [5.74, 6) is 0.938. The largest absolute Gasteiger partial charge is 0.334 e. The minimum Gasteiger partial charge on any atom is -0.334 e. The Labute approximate surface area is 196 Å². The molecule has 1 unspecified atom stereocenters. The fourth-order valence-corrected chi connectivity index (χ4v) is 4.69. The van der Waals surface area contributed by atoms with E-state index < -0.39 is 6.04 Å². The van der Waals surface area contributed by atoms with Crippen LogP contribution in [0, 0.1) is 20.8 Å². The predicted octanol–water partition coefficient (Wildman–Crippen LogP) is 6.43. The number of aryl methyl sites for hydroxylation is 3. The highest BCUT2D eigenvalue weighted by Gasteiger charge is 2.36. The maximum Gasteiger partial charge on any atom is 0.326 e. The quantitative estimate of drug-likeness (QED) is 0.384. The molecule has 4 aromatic rings. The molecule has 33 heavy (non-hydrogen) atoms. The lowest BCUT2D eigenvalue weighted by atomic mass is 9.93. The minimum atomic E-state index is -0.405. The van der Waals surface area contributed by atoms with E-state index in [0.29, 0.717) is 11.7 Å². The van der Waals surface area contributed by atoms with Crippen LogP contribution in [0.5, 0.6) is 0 Å². The number of anilines is 1. The molecule has 0 saturated carbocycles. The van der Waals surface area contributed by atoms with Crippen molar-refractivity contribution in [2.75, 3.05) is 4.90 Å². The standard InChI is InChI=1S/C26H24N4O2S/c1-15-7-10-19(11-8-15)23-22(25-28-24(29-32-25)21-6-5-13-33-21)18(4)30(26(31)27-23)20-12-9-16(2)17(3)14-20/h5-14,23H,1-4H3,(H,27,31). The van der Waals surface area contributed by atoms with Crippen molar-refractivity contribution in [3.8, 4) is 10.7 Å². The lowest BCUT2D eigenvalue weighted by molar-refractivity contribution is 0.244. The van der Waals surface area contributed by atoms with Crippen LogP contribution in [0.2, 0.25) is 0 Å². The molecule has 1 aliphatic rings. The number of carbonyl (C=O) groups is 1. The molecule has 0 spiro atoms. The smallest absolute Gasteiger partial charge is 0.326 e. The van der Waals surface area contributed by atoms with Crippen molar-refractivity contribution in [1.82, 2.24) is 15.5 Å². The highest BCUT2D eigenvalue weighted by atomic mass is 32.1. The second-order valence-corrected chi connectivity index (χ2v) is 9.24. The highest BCUT2D eigenvalue weighted by molar-refractivity contribution is 7.13. The van der Waals surface area contributed by atoms with Gasteiger partial charge in [-0.05, 0) is 68.0 Å². The summed E-state index contributed by atoms with van der Waals surface area (Å²) >= 11 is 1.56. The molecule has 0 bridgehead atoms. The zero-order valence-corrected chi connectivity index (χ0v) is 19.7. The zero-order valence-electron chi connectivity index (χ0n) is 18.9. The number of nitrogens with zero attached hydrogens (tertiary/aromatic N) is 3. The zero-order chi connectivity index (χ0) is 23.1. The van der Waals surface area contributed by atoms with E-state index >= 15 is 0 Å². The maximum absolute atomic E-state index is 13.3. The fourth-order valence-electron chi connectivity index (χ4n) is 4.04. The molecule has 0 saturated heterocycles. The molecular formula is C26H24N4O2S. The van der Waals surface area contributed by atoms with Gasteiger partial charge in [0.25, 0.3) is 5.89 Å². The Hall–Kier alpha value is -3.71. The van der Waals surface area contributed by atoms with Crippen LogP contribution < -0.4 is 10.2 Å². The average Bonchev–Trinajstić information content (AvgIpc) is 3.48. The number of amides is 2. The number of nitrogens with one attached hydrogen (secondary N) is 1. The number of hydrogen-bond donors (Lipinski definition) is 1. The van der Waals surface area contributed by atoms with Gasteiger partial charge in [-0.15, -0.1) is 11.3 Å². The summed E-state index contributed by atoms with van der Waals surface area (Å²) in [5.41, 5.74) is 6.74. The molecule has 0 fully saturated rings. The summed E-state index contributed by atoms with van der Waals surface area (Å²) in [7, 11) is 0. The molecule has 1 aliphatic heterocycles. The van der Waals surface area contributed by atoms with Gasteiger partial charge in [-0.2, -0.15) is 4.98 Å². The molecule has 2 aromatic carbocycles. The molecule has 1 atom stereocenters. The van der Waals surface area contributed by atoms with Gasteiger partial charge < -0.3 is 9.84 Å². The lowest BCUT2D eigenvalue weighted by Crippen LogP contribution is -2.46. The number of urea groups is 1. The molecule has 6 nitrogen and oxygen atoms in total. The van der Waals surface area contributed by atoms with Gasteiger partial charge in [0.05, 0.1) is 22.2 Å². The Balaban J connectivity index is 1.67. The monoisotopic (exact) mass is 456 g/mol. The van der Waals surface area contributed by atoms with Gasteiger partial charge in [0.2, 0.25) is 5.82 Å². The SMILES string of the molecule is CC1=C(c2nc(-c3cccs3)no2)C(c2ccc(C)cc2)NC(=O)N1c1ccc(C)c(C)c1. The van der Waals surface area contributed by atoms with E-state index in [1.54, 1.807) is 16.2 Å². The van der Waals surface area contributed by atoms with Crippen molar-refractivity contribution >= 4 is 28.6 Å². The van der Waals surface area contributed by atoms with Gasteiger partial charge in [0.15, 0.2) is 0 Å². The second kappa shape index (κ2) is 8.33. The minimum absolute atomic E-state index is 0.192. The number of hydrogen-bond acceptors (Lipinski definition) is 5. The second-order valence-electron chi connectivity index (χ2n) is 8.30. The van der Waals surface area contributed by atoms with E-state index in [4.69, 9.17) is 9.51 Å². The van der Waals surface area contributed by atoms with Crippen molar-refractivity contribution < 1.29 is 9.32 Å². The molecule has 0 radical (unpaired) electrons. The van der Waals surface area contributed by atoms with Crippen LogP contribution in [0.15, 0.2) is 70.2 Å². The topological polar surface area (TPSA) is 71.3 Å². The molecule has 2 aromatic heterocycles. The first-order chi connectivity index (χ1) is 15.9. The number of aromatic nitrogens is 2. The Bertz CT molecular complexity index is 1350. The van der Waals surface area contributed by atoms with Crippen LogP contribution in [0.25, 0.3) is 16.3 Å². The van der Waals surface area contributed by atoms with Gasteiger partial charge in [-0.3, -0.25) is 4.90 Å². The van der Waals surface area contributed by atoms with E-state index in [9.17, 15) is 4.79 Å². The summed E-state index contributed by atoms with van der Waals surface area (Å²) in [6.45, 7) is 8.07. The van der Waals surface area contributed by atoms with Crippen LogP contribution >= 0.6 is 11.3 Å². The van der Waals surface area contributed by atoms with Gasteiger partial charge in [0.1, 0.15) is 0 Å². The Morgan fingerprint density at radius 2 is 1.79 bits per heavy atom. The van der Waals surface area contributed by atoms with E-state index in [0.717, 1.165) is 38.5 Å². The third kappa shape index (κ3) is 3.85. The van der Waals surface area contributed by atoms with Crippen LogP contribution in [-0.2, 0) is 0 Å². The van der Waals surface area contributed by atoms with Crippen molar-refractivity contribution in [3.63, 3.8) is 0 Å². The summed E-state index contributed by atoms with van der Waals surface area (Å²) < 4.78 is 5.75. The number of rotatable bonds is 4. The molecule has 0 aliphatic carbocycles. The van der Waals surface area contributed by atoms with Crippen LogP contribution in [0.4, 0.5) is 10.5 Å². The van der Waals surface area contributed by atoms with E-state index in [1.165, 1.54) is 5.56 Å². The van der Waals surface area contributed by atoms with E-state index in [2.05, 4.69) is 17.4 Å².